The highest BCUT2D eigenvalue weighted by Crippen LogP contribution is 2.28. The van der Waals surface area contributed by atoms with E-state index in [0.717, 1.165) is 16.7 Å². The van der Waals surface area contributed by atoms with Crippen molar-refractivity contribution in [3.63, 3.8) is 0 Å². The summed E-state index contributed by atoms with van der Waals surface area (Å²) >= 11 is 24.6. The summed E-state index contributed by atoms with van der Waals surface area (Å²) in [6.07, 6.45) is 4.07. The molecule has 1 amide bonds. The fourth-order valence-corrected chi connectivity index (χ4v) is 4.95. The third kappa shape index (κ3) is 6.88. The highest BCUT2D eigenvalue weighted by atomic mass is 35.5. The Morgan fingerprint density at radius 3 is 1.76 bits per heavy atom. The molecule has 4 nitrogen and oxygen atoms in total. The van der Waals surface area contributed by atoms with E-state index in [9.17, 15) is 9.59 Å². The van der Waals surface area contributed by atoms with E-state index in [2.05, 4.69) is 0 Å². The molecule has 1 aliphatic heterocycles. The Balaban J connectivity index is 1.72. The molecule has 0 radical (unpaired) electrons. The Morgan fingerprint density at radius 2 is 1.32 bits per heavy atom. The maximum absolute atomic E-state index is 13.9. The van der Waals surface area contributed by atoms with E-state index in [4.69, 9.17) is 46.4 Å². The second-order valence-electron chi connectivity index (χ2n) is 9.38. The fourth-order valence-electron chi connectivity index (χ4n) is 4.34. The number of likely N-dealkylation sites (N-methyl/N-ethyl adjacent to an activating group) is 1. The zero-order valence-electron chi connectivity index (χ0n) is 20.9. The van der Waals surface area contributed by atoms with Crippen molar-refractivity contribution in [2.75, 3.05) is 27.2 Å². The normalized spacial score (nSPS) is 16.9. The topological polar surface area (TPSA) is 40.6 Å². The van der Waals surface area contributed by atoms with Crippen molar-refractivity contribution < 1.29 is 9.59 Å². The minimum atomic E-state index is -0.400. The highest BCUT2D eigenvalue weighted by molar-refractivity contribution is 6.42. The van der Waals surface area contributed by atoms with Crippen LogP contribution in [0, 0.1) is 0 Å². The lowest BCUT2D eigenvalue weighted by atomic mass is 9.93. The van der Waals surface area contributed by atoms with Crippen molar-refractivity contribution in [3.05, 3.63) is 115 Å². The minimum absolute atomic E-state index is 0.0635. The lowest BCUT2D eigenvalue weighted by Gasteiger charge is -2.35. The summed E-state index contributed by atoms with van der Waals surface area (Å²) in [6.45, 7) is 0.353. The first kappa shape index (κ1) is 28.4. The number of benzene rings is 3. The summed E-state index contributed by atoms with van der Waals surface area (Å²) in [5.74, 6) is -0.206. The first-order valence-electron chi connectivity index (χ1n) is 12.0. The Kier molecular flexibility index (Phi) is 9.35. The van der Waals surface area contributed by atoms with Gasteiger partial charge in [-0.05, 0) is 73.6 Å². The third-order valence-electron chi connectivity index (χ3n) is 6.37. The molecule has 8 heteroatoms. The van der Waals surface area contributed by atoms with Crippen molar-refractivity contribution in [2.24, 2.45) is 0 Å². The van der Waals surface area contributed by atoms with Gasteiger partial charge in [-0.2, -0.15) is 0 Å². The highest BCUT2D eigenvalue weighted by Gasteiger charge is 2.33. The number of amides is 1. The van der Waals surface area contributed by atoms with Gasteiger partial charge in [-0.15, -0.1) is 0 Å². The molecular weight excluding hydrogens is 562 g/mol. The van der Waals surface area contributed by atoms with Crippen molar-refractivity contribution >= 4 is 70.2 Å². The number of halogens is 4. The molecule has 1 saturated heterocycles. The minimum Gasteiger partial charge on any atom is -0.332 e. The largest absolute Gasteiger partial charge is 0.332 e. The van der Waals surface area contributed by atoms with Crippen LogP contribution in [0.1, 0.15) is 16.7 Å². The van der Waals surface area contributed by atoms with Gasteiger partial charge < -0.3 is 4.90 Å². The van der Waals surface area contributed by atoms with E-state index >= 15 is 0 Å². The number of hydrogen-bond acceptors (Lipinski definition) is 3. The zero-order chi connectivity index (χ0) is 27.4. The van der Waals surface area contributed by atoms with Crippen LogP contribution in [0.5, 0.6) is 0 Å². The van der Waals surface area contributed by atoms with E-state index in [0.29, 0.717) is 37.7 Å². The SMILES string of the molecule is CN(C)C(Cc1ccccc1)C(=O)N1C/C(=C\c2ccc(Cl)c(Cl)c2)C(=O)/C(=C/c2ccc(Cl)c(Cl)c2)C1. The molecule has 38 heavy (non-hydrogen) atoms. The lowest BCUT2D eigenvalue weighted by Crippen LogP contribution is -2.51. The van der Waals surface area contributed by atoms with Gasteiger partial charge in [-0.25, -0.2) is 0 Å². The second kappa shape index (κ2) is 12.5. The summed E-state index contributed by atoms with van der Waals surface area (Å²) in [7, 11) is 3.78. The number of likely N-dealkylation sites (tertiary alicyclic amines) is 1. The smallest absolute Gasteiger partial charge is 0.240 e. The molecule has 1 unspecified atom stereocenters. The first-order chi connectivity index (χ1) is 18.1. The van der Waals surface area contributed by atoms with Gasteiger partial charge in [0.2, 0.25) is 5.91 Å². The molecule has 1 fully saturated rings. The van der Waals surface area contributed by atoms with E-state index in [1.807, 2.05) is 49.3 Å². The molecule has 1 aliphatic rings. The summed E-state index contributed by atoms with van der Waals surface area (Å²) in [4.78, 5) is 31.1. The molecule has 0 saturated carbocycles. The van der Waals surface area contributed by atoms with Gasteiger partial charge in [0.25, 0.3) is 0 Å². The molecule has 196 valence electrons. The van der Waals surface area contributed by atoms with Gasteiger partial charge in [-0.3, -0.25) is 14.5 Å². The maximum Gasteiger partial charge on any atom is 0.240 e. The van der Waals surface area contributed by atoms with E-state index in [1.54, 1.807) is 53.5 Å². The summed E-state index contributed by atoms with van der Waals surface area (Å²) in [6, 6.07) is 19.8. The molecular formula is C30H26Cl4N2O2. The van der Waals surface area contributed by atoms with Gasteiger partial charge in [-0.1, -0.05) is 88.9 Å². The lowest BCUT2D eigenvalue weighted by molar-refractivity contribution is -0.136. The summed E-state index contributed by atoms with van der Waals surface area (Å²) in [5.41, 5.74) is 3.46. The van der Waals surface area contributed by atoms with E-state index in [-0.39, 0.29) is 24.8 Å². The number of carbonyl (C=O) groups excluding carboxylic acids is 2. The van der Waals surface area contributed by atoms with E-state index in [1.165, 1.54) is 0 Å². The summed E-state index contributed by atoms with van der Waals surface area (Å²) < 4.78 is 0. The Bertz CT molecular complexity index is 1340. The molecule has 0 spiro atoms. The van der Waals surface area contributed by atoms with E-state index < -0.39 is 6.04 Å². The van der Waals surface area contributed by atoms with Crippen LogP contribution in [0.2, 0.25) is 20.1 Å². The van der Waals surface area contributed by atoms with Crippen molar-refractivity contribution in [3.8, 4) is 0 Å². The third-order valence-corrected chi connectivity index (χ3v) is 7.84. The second-order valence-corrected chi connectivity index (χ2v) is 11.0. The standard InChI is InChI=1S/C30H26Cl4N2O2/c1-35(2)28(16-19-6-4-3-5-7-19)30(38)36-17-22(12-20-8-10-24(31)26(33)14-20)29(37)23(18-36)13-21-9-11-25(32)27(34)15-21/h3-15,28H,16-18H2,1-2H3/b22-12+,23-13+. The number of carbonyl (C=O) groups is 2. The predicted molar refractivity (Wildman–Crippen MR) is 158 cm³/mol. The molecule has 1 atom stereocenters. The number of ketones is 1. The average Bonchev–Trinajstić information content (AvgIpc) is 2.89. The van der Waals surface area contributed by atoms with Gasteiger partial charge in [0.05, 0.1) is 26.1 Å². The molecule has 3 aromatic carbocycles. The first-order valence-corrected chi connectivity index (χ1v) is 13.5. The molecule has 0 aromatic heterocycles. The number of piperidine rings is 1. The number of Topliss-reactive ketones (excluding diaryl/α,β-unsaturated/α-hetero) is 1. The van der Waals surface area contributed by atoms with Crippen LogP contribution in [-0.2, 0) is 16.0 Å². The molecule has 3 aromatic rings. The maximum atomic E-state index is 13.9. The Hall–Kier alpha value is -2.60. The zero-order valence-corrected chi connectivity index (χ0v) is 24.0. The van der Waals surface area contributed by atoms with Crippen LogP contribution in [0.4, 0.5) is 0 Å². The van der Waals surface area contributed by atoms with Gasteiger partial charge in [0.1, 0.15) is 0 Å². The molecule has 4 rings (SSSR count). The van der Waals surface area contributed by atoms with Crippen LogP contribution in [-0.4, -0.2) is 54.7 Å². The molecule has 0 N–H and O–H groups in total. The van der Waals surface area contributed by atoms with Gasteiger partial charge in [0, 0.05) is 24.2 Å². The monoisotopic (exact) mass is 586 g/mol. The summed E-state index contributed by atoms with van der Waals surface area (Å²) in [5, 5.41) is 1.63. The molecule has 1 heterocycles. The van der Waals surface area contributed by atoms with Crippen molar-refractivity contribution in [2.45, 2.75) is 12.5 Å². The van der Waals surface area contributed by atoms with Crippen LogP contribution in [0.3, 0.4) is 0 Å². The Labute approximate surface area is 243 Å². The van der Waals surface area contributed by atoms with Crippen molar-refractivity contribution in [1.29, 1.82) is 0 Å². The quantitative estimate of drug-likeness (QED) is 0.283. The number of nitrogens with zero attached hydrogens (tertiary/aromatic N) is 2. The van der Waals surface area contributed by atoms with Crippen LogP contribution in [0.15, 0.2) is 77.9 Å². The average molecular weight is 588 g/mol. The molecule has 0 bridgehead atoms. The number of rotatable bonds is 6. The van der Waals surface area contributed by atoms with Crippen LogP contribution in [0.25, 0.3) is 12.2 Å². The Morgan fingerprint density at radius 1 is 0.816 bits per heavy atom. The van der Waals surface area contributed by atoms with Gasteiger partial charge >= 0.3 is 0 Å². The number of hydrogen-bond donors (Lipinski definition) is 0. The van der Waals surface area contributed by atoms with Gasteiger partial charge in [0.15, 0.2) is 5.78 Å². The predicted octanol–water partition coefficient (Wildman–Crippen LogP) is 7.35. The van der Waals surface area contributed by atoms with Crippen LogP contribution >= 0.6 is 46.4 Å². The fraction of sp³-hybridized carbons (Fsp3) is 0.200. The van der Waals surface area contributed by atoms with Crippen molar-refractivity contribution in [1.82, 2.24) is 9.80 Å². The van der Waals surface area contributed by atoms with Crippen LogP contribution < -0.4 is 0 Å². The molecule has 0 aliphatic carbocycles.